The fraction of sp³-hybridized carbons (Fsp3) is 0.333. The molecule has 1 fully saturated rings. The summed E-state index contributed by atoms with van der Waals surface area (Å²) >= 11 is 0. The average Bonchev–Trinajstić information content (AvgIpc) is 3.01. The summed E-state index contributed by atoms with van der Waals surface area (Å²) in [5.74, 6) is -1.66. The van der Waals surface area contributed by atoms with Crippen molar-refractivity contribution in [3.63, 3.8) is 0 Å². The van der Waals surface area contributed by atoms with E-state index >= 15 is 0 Å². The van der Waals surface area contributed by atoms with Gasteiger partial charge in [-0.2, -0.15) is 0 Å². The van der Waals surface area contributed by atoms with Crippen LogP contribution in [0.15, 0.2) is 48.5 Å². The number of hydrogen-bond donors (Lipinski definition) is 1. The standard InChI is InChI=1S/C18H19F2N/c19-15-9-8-13(12-16(15)20)17(21)18(10-4-5-11-18)14-6-2-1-3-7-14/h1-3,6-9,12,17H,4-5,10-11,21H2. The van der Waals surface area contributed by atoms with E-state index in [-0.39, 0.29) is 11.5 Å². The minimum Gasteiger partial charge on any atom is -0.323 e. The highest BCUT2D eigenvalue weighted by Crippen LogP contribution is 2.48. The fourth-order valence-corrected chi connectivity index (χ4v) is 3.58. The van der Waals surface area contributed by atoms with Crippen molar-refractivity contribution >= 4 is 0 Å². The molecule has 1 aliphatic rings. The van der Waals surface area contributed by atoms with Crippen LogP contribution in [0.5, 0.6) is 0 Å². The lowest BCUT2D eigenvalue weighted by Gasteiger charge is -2.36. The second-order valence-electron chi connectivity index (χ2n) is 5.88. The summed E-state index contributed by atoms with van der Waals surface area (Å²) in [4.78, 5) is 0. The first-order chi connectivity index (χ1) is 10.1. The van der Waals surface area contributed by atoms with Crippen molar-refractivity contribution in [2.75, 3.05) is 0 Å². The van der Waals surface area contributed by atoms with Gasteiger partial charge in [-0.25, -0.2) is 8.78 Å². The van der Waals surface area contributed by atoms with Crippen LogP contribution in [0.25, 0.3) is 0 Å². The van der Waals surface area contributed by atoms with Crippen molar-refractivity contribution in [1.82, 2.24) is 0 Å². The maximum atomic E-state index is 13.5. The highest BCUT2D eigenvalue weighted by atomic mass is 19.2. The van der Waals surface area contributed by atoms with E-state index in [1.807, 2.05) is 18.2 Å². The van der Waals surface area contributed by atoms with Crippen LogP contribution >= 0.6 is 0 Å². The minimum absolute atomic E-state index is 0.175. The Labute approximate surface area is 123 Å². The fourth-order valence-electron chi connectivity index (χ4n) is 3.58. The van der Waals surface area contributed by atoms with Gasteiger partial charge in [-0.3, -0.25) is 0 Å². The molecule has 0 heterocycles. The van der Waals surface area contributed by atoms with Crippen molar-refractivity contribution < 1.29 is 8.78 Å². The van der Waals surface area contributed by atoms with E-state index in [1.165, 1.54) is 11.6 Å². The van der Waals surface area contributed by atoms with E-state index in [2.05, 4.69) is 12.1 Å². The van der Waals surface area contributed by atoms with Gasteiger partial charge in [0, 0.05) is 11.5 Å². The summed E-state index contributed by atoms with van der Waals surface area (Å²) in [5.41, 5.74) is 8.18. The quantitative estimate of drug-likeness (QED) is 0.885. The van der Waals surface area contributed by atoms with Gasteiger partial charge in [-0.05, 0) is 36.1 Å². The number of rotatable bonds is 3. The summed E-state index contributed by atoms with van der Waals surface area (Å²) in [6.07, 6.45) is 4.20. The Morgan fingerprint density at radius 3 is 2.19 bits per heavy atom. The van der Waals surface area contributed by atoms with Crippen LogP contribution in [-0.2, 0) is 5.41 Å². The van der Waals surface area contributed by atoms with E-state index in [0.29, 0.717) is 5.56 Å². The lowest BCUT2D eigenvalue weighted by atomic mass is 9.71. The number of nitrogens with two attached hydrogens (primary N) is 1. The zero-order valence-electron chi connectivity index (χ0n) is 11.9. The molecule has 0 spiro atoms. The predicted molar refractivity (Wildman–Crippen MR) is 79.9 cm³/mol. The Balaban J connectivity index is 2.03. The molecule has 1 nitrogen and oxygen atoms in total. The zero-order valence-corrected chi connectivity index (χ0v) is 11.9. The van der Waals surface area contributed by atoms with Crippen molar-refractivity contribution in [2.24, 2.45) is 5.73 Å². The van der Waals surface area contributed by atoms with Gasteiger partial charge in [-0.1, -0.05) is 49.2 Å². The second kappa shape index (κ2) is 5.57. The van der Waals surface area contributed by atoms with Gasteiger partial charge in [0.1, 0.15) is 0 Å². The van der Waals surface area contributed by atoms with Gasteiger partial charge >= 0.3 is 0 Å². The molecule has 2 aromatic rings. The van der Waals surface area contributed by atoms with Crippen LogP contribution in [0.3, 0.4) is 0 Å². The maximum absolute atomic E-state index is 13.5. The summed E-state index contributed by atoms with van der Waals surface area (Å²) in [7, 11) is 0. The van der Waals surface area contributed by atoms with Gasteiger partial charge in [0.2, 0.25) is 0 Å². The van der Waals surface area contributed by atoms with Crippen molar-refractivity contribution in [2.45, 2.75) is 37.1 Å². The van der Waals surface area contributed by atoms with Crippen LogP contribution in [0.4, 0.5) is 8.78 Å². The lowest BCUT2D eigenvalue weighted by Crippen LogP contribution is -2.36. The molecular formula is C18H19F2N. The average molecular weight is 287 g/mol. The molecule has 21 heavy (non-hydrogen) atoms. The second-order valence-corrected chi connectivity index (χ2v) is 5.88. The Morgan fingerprint density at radius 1 is 0.905 bits per heavy atom. The van der Waals surface area contributed by atoms with Gasteiger partial charge in [0.25, 0.3) is 0 Å². The molecule has 0 aliphatic heterocycles. The van der Waals surface area contributed by atoms with Gasteiger partial charge in [0.15, 0.2) is 11.6 Å². The van der Waals surface area contributed by atoms with Crippen molar-refractivity contribution in [3.05, 3.63) is 71.3 Å². The first-order valence-electron chi connectivity index (χ1n) is 7.39. The van der Waals surface area contributed by atoms with Crippen LogP contribution in [0.2, 0.25) is 0 Å². The SMILES string of the molecule is NC(c1ccc(F)c(F)c1)C1(c2ccccc2)CCCC1. The van der Waals surface area contributed by atoms with Crippen molar-refractivity contribution in [1.29, 1.82) is 0 Å². The third-order valence-corrected chi connectivity index (χ3v) is 4.74. The van der Waals surface area contributed by atoms with Gasteiger partial charge in [0.05, 0.1) is 0 Å². The maximum Gasteiger partial charge on any atom is 0.159 e. The van der Waals surface area contributed by atoms with E-state index < -0.39 is 11.6 Å². The normalized spacial score (nSPS) is 18.6. The molecule has 0 aromatic heterocycles. The molecule has 1 atom stereocenters. The van der Waals surface area contributed by atoms with Crippen LogP contribution in [0.1, 0.15) is 42.9 Å². The molecule has 3 rings (SSSR count). The summed E-state index contributed by atoms with van der Waals surface area (Å²) < 4.78 is 26.7. The highest BCUT2D eigenvalue weighted by molar-refractivity contribution is 5.34. The van der Waals surface area contributed by atoms with Crippen LogP contribution < -0.4 is 5.73 Å². The molecule has 0 bridgehead atoms. The third kappa shape index (κ3) is 2.46. The summed E-state index contributed by atoms with van der Waals surface area (Å²) in [6, 6.07) is 13.9. The number of benzene rings is 2. The summed E-state index contributed by atoms with van der Waals surface area (Å²) in [6.45, 7) is 0. The van der Waals surface area contributed by atoms with Crippen LogP contribution in [0, 0.1) is 11.6 Å². The molecule has 1 unspecified atom stereocenters. The first kappa shape index (κ1) is 14.2. The molecule has 0 amide bonds. The predicted octanol–water partition coefficient (Wildman–Crippen LogP) is 4.48. The summed E-state index contributed by atoms with van der Waals surface area (Å²) in [5, 5.41) is 0. The van der Waals surface area contributed by atoms with Crippen molar-refractivity contribution in [3.8, 4) is 0 Å². The van der Waals surface area contributed by atoms with Gasteiger partial charge in [-0.15, -0.1) is 0 Å². The Bertz CT molecular complexity index is 618. The van der Waals surface area contributed by atoms with E-state index in [4.69, 9.17) is 5.73 Å². The Kier molecular flexibility index (Phi) is 3.77. The van der Waals surface area contributed by atoms with E-state index in [0.717, 1.165) is 31.7 Å². The molecule has 110 valence electrons. The molecule has 1 aliphatic carbocycles. The van der Waals surface area contributed by atoms with Gasteiger partial charge < -0.3 is 5.73 Å². The Morgan fingerprint density at radius 2 is 1.57 bits per heavy atom. The zero-order chi connectivity index (χ0) is 14.9. The monoisotopic (exact) mass is 287 g/mol. The smallest absolute Gasteiger partial charge is 0.159 e. The lowest BCUT2D eigenvalue weighted by molar-refractivity contribution is 0.354. The third-order valence-electron chi connectivity index (χ3n) is 4.74. The van der Waals surface area contributed by atoms with E-state index in [1.54, 1.807) is 6.07 Å². The van der Waals surface area contributed by atoms with Crippen LogP contribution in [-0.4, -0.2) is 0 Å². The highest BCUT2D eigenvalue weighted by Gasteiger charge is 2.41. The molecule has 3 heteroatoms. The Hall–Kier alpha value is -1.74. The molecule has 2 N–H and O–H groups in total. The molecule has 0 radical (unpaired) electrons. The first-order valence-corrected chi connectivity index (χ1v) is 7.39. The number of halogens is 2. The minimum atomic E-state index is -0.829. The van der Waals surface area contributed by atoms with E-state index in [9.17, 15) is 8.78 Å². The largest absolute Gasteiger partial charge is 0.323 e. The molecule has 1 saturated carbocycles. The number of hydrogen-bond acceptors (Lipinski definition) is 1. The topological polar surface area (TPSA) is 26.0 Å². The molecule has 2 aromatic carbocycles. The molecule has 0 saturated heterocycles. The molecular weight excluding hydrogens is 268 g/mol.